The van der Waals surface area contributed by atoms with Crippen LogP contribution < -0.4 is 0 Å². The second kappa shape index (κ2) is 57.9. The van der Waals surface area contributed by atoms with Gasteiger partial charge >= 0.3 is 39.5 Å². The number of carbonyl (C=O) groups excluding carboxylic acids is 4. The number of phosphoric ester groups is 2. The lowest BCUT2D eigenvalue weighted by atomic mass is 9.99. The minimum atomic E-state index is -4.95. The standard InChI is InChI=1S/C68H132O17P2/c1-9-60(7)46-38-30-21-17-15-13-11-12-14-16-18-22-34-42-50-67(72)84-63(54-78-65(70)48-40-32-23-19-20-28-36-44-58(3)4)56-82-86(74,75)80-52-62(69)53-81-87(76,77)83-57-64(55-79-66(71)49-41-33-26-24-29-37-45-59(5)6)85-68(73)51-43-35-27-25-31-39-47-61(8)10-2/h58-64,69H,9-57H2,1-8H3,(H,74,75)(H,76,77)/t60?,61?,62?,63-,64-/m1/s1. The molecule has 19 heteroatoms. The van der Waals surface area contributed by atoms with Gasteiger partial charge in [0.15, 0.2) is 12.2 Å². The van der Waals surface area contributed by atoms with Crippen molar-refractivity contribution in [3.05, 3.63) is 0 Å². The van der Waals surface area contributed by atoms with E-state index in [9.17, 15) is 43.2 Å². The zero-order valence-corrected chi connectivity index (χ0v) is 58.4. The largest absolute Gasteiger partial charge is 0.472 e. The molecule has 7 atom stereocenters. The molecule has 0 saturated heterocycles. The second-order valence-corrected chi connectivity index (χ2v) is 28.9. The molecule has 0 bridgehead atoms. The SMILES string of the molecule is CCC(C)CCCCCCCCCCCCCCCCC(=O)O[C@H](COC(=O)CCCCCCCCCC(C)C)COP(=O)(O)OCC(O)COP(=O)(O)OC[C@@H](COC(=O)CCCCCCCCC(C)C)OC(=O)CCCCCCCCC(C)CC. The number of carbonyl (C=O) groups is 4. The first-order chi connectivity index (χ1) is 41.7. The minimum Gasteiger partial charge on any atom is -0.462 e. The molecule has 0 aromatic rings. The van der Waals surface area contributed by atoms with E-state index in [0.717, 1.165) is 115 Å². The molecule has 0 rings (SSSR count). The molecule has 0 aliphatic carbocycles. The minimum absolute atomic E-state index is 0.101. The number of esters is 4. The number of hydrogen-bond donors (Lipinski definition) is 3. The first-order valence-corrected chi connectivity index (χ1v) is 38.3. The van der Waals surface area contributed by atoms with E-state index in [1.807, 2.05) is 0 Å². The number of rotatable bonds is 65. The van der Waals surface area contributed by atoms with E-state index in [0.29, 0.717) is 37.5 Å². The first kappa shape index (κ1) is 85.1. The molecule has 0 heterocycles. The molecule has 0 spiro atoms. The normalized spacial score (nSPS) is 15.0. The third kappa shape index (κ3) is 60.1. The topological polar surface area (TPSA) is 237 Å². The zero-order chi connectivity index (χ0) is 64.7. The number of aliphatic hydroxyl groups is 1. The van der Waals surface area contributed by atoms with Crippen LogP contribution in [0.2, 0.25) is 0 Å². The van der Waals surface area contributed by atoms with Crippen LogP contribution >= 0.6 is 15.6 Å². The van der Waals surface area contributed by atoms with Crippen molar-refractivity contribution in [2.45, 2.75) is 350 Å². The molecule has 87 heavy (non-hydrogen) atoms. The van der Waals surface area contributed by atoms with E-state index in [1.165, 1.54) is 122 Å². The van der Waals surface area contributed by atoms with Crippen molar-refractivity contribution in [3.63, 3.8) is 0 Å². The third-order valence-electron chi connectivity index (χ3n) is 16.3. The molecule has 0 saturated carbocycles. The van der Waals surface area contributed by atoms with Gasteiger partial charge in [0.2, 0.25) is 0 Å². The quantitative estimate of drug-likeness (QED) is 0.0222. The summed E-state index contributed by atoms with van der Waals surface area (Å²) in [6.07, 6.45) is 39.2. The summed E-state index contributed by atoms with van der Waals surface area (Å²) >= 11 is 0. The monoisotopic (exact) mass is 1280 g/mol. The number of unbranched alkanes of at least 4 members (excludes halogenated alkanes) is 29. The highest BCUT2D eigenvalue weighted by atomic mass is 31.2. The summed E-state index contributed by atoms with van der Waals surface area (Å²) in [5, 5.41) is 10.6. The summed E-state index contributed by atoms with van der Waals surface area (Å²) in [7, 11) is -9.90. The van der Waals surface area contributed by atoms with Gasteiger partial charge in [-0.2, -0.15) is 0 Å². The Morgan fingerprint density at radius 2 is 0.552 bits per heavy atom. The van der Waals surface area contributed by atoms with E-state index >= 15 is 0 Å². The number of phosphoric acid groups is 2. The average Bonchev–Trinajstić information content (AvgIpc) is 3.55. The van der Waals surface area contributed by atoms with Crippen molar-refractivity contribution in [2.24, 2.45) is 23.7 Å². The van der Waals surface area contributed by atoms with Crippen LogP contribution in [0.4, 0.5) is 0 Å². The molecule has 3 N–H and O–H groups in total. The van der Waals surface area contributed by atoms with E-state index in [1.54, 1.807) is 0 Å². The highest BCUT2D eigenvalue weighted by Crippen LogP contribution is 2.45. The predicted octanol–water partition coefficient (Wildman–Crippen LogP) is 18.9. The van der Waals surface area contributed by atoms with Crippen LogP contribution in [0.1, 0.15) is 331 Å². The van der Waals surface area contributed by atoms with Crippen molar-refractivity contribution in [1.82, 2.24) is 0 Å². The third-order valence-corrected chi connectivity index (χ3v) is 18.2. The van der Waals surface area contributed by atoms with Crippen LogP contribution in [0.15, 0.2) is 0 Å². The highest BCUT2D eigenvalue weighted by molar-refractivity contribution is 7.47. The summed E-state index contributed by atoms with van der Waals surface area (Å²) in [5.41, 5.74) is 0. The first-order valence-electron chi connectivity index (χ1n) is 35.3. The Balaban J connectivity index is 5.21. The lowest BCUT2D eigenvalue weighted by Gasteiger charge is -2.21. The molecule has 0 amide bonds. The van der Waals surface area contributed by atoms with Crippen LogP contribution in [0.3, 0.4) is 0 Å². The Bertz CT molecular complexity index is 1730. The Morgan fingerprint density at radius 3 is 0.816 bits per heavy atom. The van der Waals surface area contributed by atoms with Gasteiger partial charge < -0.3 is 33.8 Å². The number of aliphatic hydroxyl groups excluding tert-OH is 1. The van der Waals surface area contributed by atoms with Crippen molar-refractivity contribution in [3.8, 4) is 0 Å². The maximum Gasteiger partial charge on any atom is 0.472 e. The fraction of sp³-hybridized carbons (Fsp3) is 0.941. The van der Waals surface area contributed by atoms with Gasteiger partial charge in [0.05, 0.1) is 26.4 Å². The maximum absolute atomic E-state index is 13.0. The lowest BCUT2D eigenvalue weighted by molar-refractivity contribution is -0.161. The van der Waals surface area contributed by atoms with E-state index < -0.39 is 97.5 Å². The summed E-state index contributed by atoms with van der Waals surface area (Å²) < 4.78 is 68.1. The number of hydrogen-bond acceptors (Lipinski definition) is 15. The van der Waals surface area contributed by atoms with Crippen LogP contribution in [-0.4, -0.2) is 96.7 Å². The molecule has 5 unspecified atom stereocenters. The van der Waals surface area contributed by atoms with Gasteiger partial charge in [-0.15, -0.1) is 0 Å². The van der Waals surface area contributed by atoms with Crippen molar-refractivity contribution in [1.29, 1.82) is 0 Å². The molecular weight excluding hydrogens is 1150 g/mol. The molecule has 0 radical (unpaired) electrons. The van der Waals surface area contributed by atoms with Crippen molar-refractivity contribution < 1.29 is 80.2 Å². The summed E-state index contributed by atoms with van der Waals surface area (Å²) in [5.74, 6) is 0.813. The van der Waals surface area contributed by atoms with Crippen LogP contribution in [0, 0.1) is 23.7 Å². The van der Waals surface area contributed by atoms with Crippen LogP contribution in [-0.2, 0) is 65.4 Å². The molecule has 0 fully saturated rings. The van der Waals surface area contributed by atoms with Gasteiger partial charge in [0.1, 0.15) is 19.3 Å². The number of ether oxygens (including phenoxy) is 4. The van der Waals surface area contributed by atoms with Gasteiger partial charge in [-0.3, -0.25) is 37.3 Å². The van der Waals surface area contributed by atoms with E-state index in [4.69, 9.17) is 37.0 Å². The smallest absolute Gasteiger partial charge is 0.462 e. The fourth-order valence-corrected chi connectivity index (χ4v) is 11.7. The van der Waals surface area contributed by atoms with Gasteiger partial charge in [-0.05, 0) is 49.4 Å². The fourth-order valence-electron chi connectivity index (χ4n) is 10.1. The van der Waals surface area contributed by atoms with E-state index in [2.05, 4.69) is 55.4 Å². The predicted molar refractivity (Wildman–Crippen MR) is 349 cm³/mol. The summed E-state index contributed by atoms with van der Waals surface area (Å²) in [6.45, 7) is 14.0. The van der Waals surface area contributed by atoms with Gasteiger partial charge in [-0.1, -0.05) is 280 Å². The van der Waals surface area contributed by atoms with Crippen molar-refractivity contribution in [2.75, 3.05) is 39.6 Å². The lowest BCUT2D eigenvalue weighted by Crippen LogP contribution is -2.30. The molecule has 516 valence electrons. The van der Waals surface area contributed by atoms with E-state index in [-0.39, 0.29) is 25.7 Å². The summed E-state index contributed by atoms with van der Waals surface area (Å²) in [6, 6.07) is 0. The van der Waals surface area contributed by atoms with Gasteiger partial charge in [-0.25, -0.2) is 9.13 Å². The molecule has 0 aliphatic heterocycles. The molecule has 0 aromatic heterocycles. The van der Waals surface area contributed by atoms with Crippen molar-refractivity contribution >= 4 is 39.5 Å². The average molecular weight is 1280 g/mol. The Hall–Kier alpha value is -1.94. The molecule has 0 aromatic carbocycles. The van der Waals surface area contributed by atoms with Crippen LogP contribution in [0.25, 0.3) is 0 Å². The molecular formula is C68H132O17P2. The van der Waals surface area contributed by atoms with Crippen LogP contribution in [0.5, 0.6) is 0 Å². The van der Waals surface area contributed by atoms with Gasteiger partial charge in [0, 0.05) is 25.7 Å². The Kier molecular flexibility index (Phi) is 56.6. The molecule has 0 aliphatic rings. The zero-order valence-electron chi connectivity index (χ0n) is 56.6. The maximum atomic E-state index is 13.0. The summed E-state index contributed by atoms with van der Waals surface area (Å²) in [4.78, 5) is 72.3. The second-order valence-electron chi connectivity index (χ2n) is 26.0. The van der Waals surface area contributed by atoms with Gasteiger partial charge in [0.25, 0.3) is 0 Å². The Morgan fingerprint density at radius 1 is 0.322 bits per heavy atom. The Labute approximate surface area is 530 Å². The molecule has 17 nitrogen and oxygen atoms in total. The highest BCUT2D eigenvalue weighted by Gasteiger charge is 2.30.